The number of unbranched alkanes of at least 4 members (excludes halogenated alkanes) is 1. The van der Waals surface area contributed by atoms with Crippen LogP contribution < -0.4 is 0 Å². The zero-order valence-corrected chi connectivity index (χ0v) is 23.1. The van der Waals surface area contributed by atoms with Gasteiger partial charge in [0.2, 0.25) is 11.8 Å². The van der Waals surface area contributed by atoms with E-state index in [0.29, 0.717) is 19.5 Å². The van der Waals surface area contributed by atoms with Crippen molar-refractivity contribution in [2.75, 3.05) is 26.3 Å². The average Bonchev–Trinajstić information content (AvgIpc) is 3.40. The highest BCUT2D eigenvalue weighted by atomic mass is 79.9. The molecule has 34 heavy (non-hydrogen) atoms. The summed E-state index contributed by atoms with van der Waals surface area (Å²) in [7, 11) is 0. The third kappa shape index (κ3) is 4.45. The van der Waals surface area contributed by atoms with Crippen molar-refractivity contribution in [2.24, 2.45) is 17.8 Å². The number of carbonyl (C=O) groups excluding carboxylic acids is 3. The fourth-order valence-corrected chi connectivity index (χ4v) is 9.58. The first kappa shape index (κ1) is 27.5. The van der Waals surface area contributed by atoms with Crippen molar-refractivity contribution in [3.63, 3.8) is 0 Å². The molecule has 0 aromatic heterocycles. The minimum atomic E-state index is -0.734. The highest BCUT2D eigenvalue weighted by Crippen LogP contribution is 2.68. The van der Waals surface area contributed by atoms with Crippen LogP contribution in [0.15, 0.2) is 12.7 Å². The summed E-state index contributed by atoms with van der Waals surface area (Å²) in [6, 6.07) is -1.22. The first-order chi connectivity index (χ1) is 16.2. The number of nitrogens with zero attached hydrogens (tertiary/aromatic N) is 2. The molecule has 0 aliphatic carbocycles. The van der Waals surface area contributed by atoms with Crippen LogP contribution in [-0.2, 0) is 19.1 Å². The maximum Gasteiger partial charge on any atom is 0.310 e. The van der Waals surface area contributed by atoms with E-state index < -0.39 is 28.7 Å². The Labute approximate surface area is 216 Å². The van der Waals surface area contributed by atoms with Gasteiger partial charge in [-0.3, -0.25) is 14.4 Å². The molecule has 2 amide bonds. The van der Waals surface area contributed by atoms with Gasteiger partial charge in [0.05, 0.1) is 35.8 Å². The topological polar surface area (TPSA) is 87.2 Å². The minimum absolute atomic E-state index is 0.00544. The van der Waals surface area contributed by atoms with Gasteiger partial charge in [0.15, 0.2) is 0 Å². The van der Waals surface area contributed by atoms with Gasteiger partial charge < -0.3 is 19.6 Å². The fraction of sp³-hybridized carbons (Fsp3) is 0.800. The van der Waals surface area contributed by atoms with Crippen LogP contribution in [0.2, 0.25) is 0 Å². The molecule has 8 atom stereocenters. The van der Waals surface area contributed by atoms with Crippen molar-refractivity contribution in [1.29, 1.82) is 0 Å². The van der Waals surface area contributed by atoms with Gasteiger partial charge in [0, 0.05) is 23.2 Å². The van der Waals surface area contributed by atoms with Gasteiger partial charge in [-0.25, -0.2) is 0 Å². The minimum Gasteiger partial charge on any atom is -0.466 e. The molecular weight excluding hydrogens is 520 g/mol. The summed E-state index contributed by atoms with van der Waals surface area (Å²) in [5.74, 6) is -1.89. The first-order valence-corrected chi connectivity index (χ1v) is 14.3. The summed E-state index contributed by atoms with van der Waals surface area (Å²) in [4.78, 5) is 44.9. The molecule has 0 aromatic carbocycles. The van der Waals surface area contributed by atoms with E-state index in [1.54, 1.807) is 34.6 Å². The van der Waals surface area contributed by atoms with Crippen molar-refractivity contribution in [3.8, 4) is 0 Å². The summed E-state index contributed by atoms with van der Waals surface area (Å²) in [5.41, 5.74) is 0. The molecule has 3 rings (SSSR count). The molecule has 7 nitrogen and oxygen atoms in total. The third-order valence-electron chi connectivity index (χ3n) is 7.81. The lowest BCUT2D eigenvalue weighted by Gasteiger charge is -2.41. The number of esters is 1. The summed E-state index contributed by atoms with van der Waals surface area (Å²) in [5, 5.41) is 10.3. The van der Waals surface area contributed by atoms with Crippen LogP contribution in [0, 0.1) is 17.8 Å². The van der Waals surface area contributed by atoms with E-state index in [1.165, 1.54) is 0 Å². The van der Waals surface area contributed by atoms with Crippen LogP contribution in [0.4, 0.5) is 0 Å². The number of aliphatic hydroxyl groups is 1. The van der Waals surface area contributed by atoms with Gasteiger partial charge in [-0.05, 0) is 25.7 Å². The van der Waals surface area contributed by atoms with E-state index in [1.807, 2.05) is 13.8 Å². The number of hydrogen-bond acceptors (Lipinski definition) is 6. The highest BCUT2D eigenvalue weighted by Gasteiger charge is 2.76. The molecule has 0 aromatic rings. The quantitative estimate of drug-likeness (QED) is 0.225. The fourth-order valence-electron chi connectivity index (χ4n) is 6.00. The van der Waals surface area contributed by atoms with Gasteiger partial charge >= 0.3 is 5.97 Å². The number of halogens is 1. The molecule has 0 saturated carbocycles. The smallest absolute Gasteiger partial charge is 0.310 e. The van der Waals surface area contributed by atoms with E-state index in [0.717, 1.165) is 19.3 Å². The number of alkyl halides is 1. The first-order valence-electron chi connectivity index (χ1n) is 12.5. The summed E-state index contributed by atoms with van der Waals surface area (Å²) >= 11 is 5.37. The van der Waals surface area contributed by atoms with Crippen molar-refractivity contribution < 1.29 is 24.2 Å². The maximum absolute atomic E-state index is 14.2. The summed E-state index contributed by atoms with van der Waals surface area (Å²) in [6.45, 7) is 12.7. The Morgan fingerprint density at radius 2 is 2.12 bits per heavy atom. The summed E-state index contributed by atoms with van der Waals surface area (Å²) < 4.78 is 4.68. The van der Waals surface area contributed by atoms with Gasteiger partial charge in [-0.2, -0.15) is 0 Å². The van der Waals surface area contributed by atoms with Crippen LogP contribution in [0.5, 0.6) is 0 Å². The monoisotopic (exact) mass is 558 g/mol. The normalized spacial score (nSPS) is 33.5. The number of fused-ring (bicyclic) bond motifs is 1. The molecule has 3 heterocycles. The molecule has 3 aliphatic rings. The number of thioether (sulfide) groups is 1. The maximum atomic E-state index is 14.2. The van der Waals surface area contributed by atoms with E-state index in [2.05, 4.69) is 29.4 Å². The van der Waals surface area contributed by atoms with Crippen molar-refractivity contribution in [3.05, 3.63) is 12.7 Å². The molecule has 3 fully saturated rings. The Bertz CT molecular complexity index is 797. The number of hydrogen-bond donors (Lipinski definition) is 1. The number of likely N-dealkylation sites (tertiary alicyclic amines) is 1. The predicted octanol–water partition coefficient (Wildman–Crippen LogP) is 3.24. The average molecular weight is 560 g/mol. The SMILES string of the molecule is C=CCN(CCCC)C(=O)C1N([C@@H](CO)[C@@H](C)CC)C(=O)[C@@H]2[C@H](C(=O)OCC)[C@H]3SC12CC3Br. The molecule has 2 bridgehead atoms. The third-order valence-corrected chi connectivity index (χ3v) is 11.0. The zero-order valence-electron chi connectivity index (χ0n) is 20.7. The molecule has 9 heteroatoms. The highest BCUT2D eigenvalue weighted by molar-refractivity contribution is 9.09. The van der Waals surface area contributed by atoms with Crippen LogP contribution in [-0.4, -0.2) is 85.9 Å². The van der Waals surface area contributed by atoms with Crippen molar-refractivity contribution in [1.82, 2.24) is 9.80 Å². The summed E-state index contributed by atoms with van der Waals surface area (Å²) in [6.07, 6.45) is 4.90. The lowest BCUT2D eigenvalue weighted by atomic mass is 9.71. The molecule has 3 aliphatic heterocycles. The predicted molar refractivity (Wildman–Crippen MR) is 138 cm³/mol. The molecule has 1 spiro atoms. The number of ether oxygens (including phenoxy) is 1. The van der Waals surface area contributed by atoms with E-state index in [-0.39, 0.29) is 47.0 Å². The van der Waals surface area contributed by atoms with Crippen molar-refractivity contribution in [2.45, 2.75) is 80.3 Å². The Kier molecular flexibility index (Phi) is 9.18. The zero-order chi connectivity index (χ0) is 25.2. The number of rotatable bonds is 12. The molecule has 1 N–H and O–H groups in total. The van der Waals surface area contributed by atoms with Crippen LogP contribution in [0.1, 0.15) is 53.4 Å². The molecule has 3 saturated heterocycles. The van der Waals surface area contributed by atoms with Gasteiger partial charge in [0.1, 0.15) is 6.04 Å². The van der Waals surface area contributed by atoms with Crippen LogP contribution >= 0.6 is 27.7 Å². The van der Waals surface area contributed by atoms with Crippen molar-refractivity contribution >= 4 is 45.5 Å². The number of aliphatic hydroxyl groups excluding tert-OH is 1. The molecule has 3 unspecified atom stereocenters. The lowest BCUT2D eigenvalue weighted by molar-refractivity contribution is -0.154. The second-order valence-corrected chi connectivity index (χ2v) is 12.4. The van der Waals surface area contributed by atoms with E-state index in [9.17, 15) is 19.5 Å². The van der Waals surface area contributed by atoms with Gasteiger partial charge in [-0.1, -0.05) is 55.6 Å². The Balaban J connectivity index is 2.12. The van der Waals surface area contributed by atoms with Gasteiger partial charge in [0.25, 0.3) is 0 Å². The Hall–Kier alpha value is -1.06. The second kappa shape index (κ2) is 11.3. The number of carbonyl (C=O) groups is 3. The Morgan fingerprint density at radius 1 is 1.41 bits per heavy atom. The number of amides is 2. The van der Waals surface area contributed by atoms with Crippen LogP contribution in [0.25, 0.3) is 0 Å². The molecule has 0 radical (unpaired) electrons. The van der Waals surface area contributed by atoms with Crippen LogP contribution in [0.3, 0.4) is 0 Å². The largest absolute Gasteiger partial charge is 0.466 e. The standard InChI is InChI=1S/C25H39BrN2O5S/c1-6-10-12-27(11-7-2)23(31)21-25-13-16(26)20(34-25)18(24(32)33-9-4)19(25)22(30)28(21)17(14-29)15(5)8-3/h7,15-21,29H,2,6,8-14H2,1,3-5H3/t15-,16?,17-,18-,19-,20-,21?,25?/m0/s1. The molecular formula is C25H39BrN2O5S. The van der Waals surface area contributed by atoms with E-state index in [4.69, 9.17) is 4.74 Å². The lowest BCUT2D eigenvalue weighted by Crippen LogP contribution is -2.59. The molecule has 192 valence electrons. The second-order valence-electron chi connectivity index (χ2n) is 9.72. The van der Waals surface area contributed by atoms with E-state index >= 15 is 0 Å². The Morgan fingerprint density at radius 3 is 2.68 bits per heavy atom. The van der Waals surface area contributed by atoms with Gasteiger partial charge in [-0.15, -0.1) is 18.3 Å².